The van der Waals surface area contributed by atoms with Gasteiger partial charge in [-0.25, -0.2) is 4.79 Å². The second-order valence-electron chi connectivity index (χ2n) is 8.89. The highest BCUT2D eigenvalue weighted by molar-refractivity contribution is 5.89. The zero-order chi connectivity index (χ0) is 26.6. The lowest BCUT2D eigenvalue weighted by Gasteiger charge is -2.25. The standard InChI is InChI=1S/C29H34N4O4/c1-20(24-11-7-4-8-12-24)32-26(18-15-22-9-5-3-6-10-22)28(35)33-21(2)27(34)31-19-23-13-16-25(17-14-23)37-29(30)36/h3-14,16-17,20-21,26,32H,15,18-19H2,1-2H3,(H2,30,36)(H,31,34)(H,33,35). The maximum absolute atomic E-state index is 13.2. The van der Waals surface area contributed by atoms with E-state index in [4.69, 9.17) is 10.5 Å². The molecule has 3 atom stereocenters. The second-order valence-corrected chi connectivity index (χ2v) is 8.89. The van der Waals surface area contributed by atoms with Gasteiger partial charge in [0, 0.05) is 12.6 Å². The van der Waals surface area contributed by atoms with Crippen LogP contribution in [0.3, 0.4) is 0 Å². The summed E-state index contributed by atoms with van der Waals surface area (Å²) in [6.45, 7) is 3.94. The number of hydrogen-bond donors (Lipinski definition) is 4. The predicted molar refractivity (Wildman–Crippen MR) is 143 cm³/mol. The summed E-state index contributed by atoms with van der Waals surface area (Å²) >= 11 is 0. The monoisotopic (exact) mass is 502 g/mol. The molecule has 0 bridgehead atoms. The van der Waals surface area contributed by atoms with Crippen molar-refractivity contribution in [3.05, 3.63) is 102 Å². The molecular formula is C29H34N4O4. The van der Waals surface area contributed by atoms with Crippen molar-refractivity contribution in [3.8, 4) is 5.75 Å². The van der Waals surface area contributed by atoms with E-state index in [2.05, 4.69) is 16.0 Å². The van der Waals surface area contributed by atoms with Gasteiger partial charge in [0.2, 0.25) is 11.8 Å². The van der Waals surface area contributed by atoms with Gasteiger partial charge in [0.15, 0.2) is 0 Å². The molecule has 0 saturated heterocycles. The first-order valence-corrected chi connectivity index (χ1v) is 12.3. The third kappa shape index (κ3) is 9.09. The van der Waals surface area contributed by atoms with Gasteiger partial charge in [-0.05, 0) is 55.5 Å². The fourth-order valence-corrected chi connectivity index (χ4v) is 3.90. The Kier molecular flexibility index (Phi) is 10.2. The van der Waals surface area contributed by atoms with Crippen LogP contribution in [-0.2, 0) is 22.6 Å². The van der Waals surface area contributed by atoms with Gasteiger partial charge in [-0.3, -0.25) is 14.9 Å². The molecule has 3 unspecified atom stereocenters. The molecule has 0 aliphatic rings. The van der Waals surface area contributed by atoms with E-state index in [1.54, 1.807) is 31.2 Å². The molecule has 194 valence electrons. The Morgan fingerprint density at radius 1 is 0.811 bits per heavy atom. The molecular weight excluding hydrogens is 468 g/mol. The number of hydrogen-bond acceptors (Lipinski definition) is 5. The summed E-state index contributed by atoms with van der Waals surface area (Å²) in [5.41, 5.74) is 8.04. The van der Waals surface area contributed by atoms with Gasteiger partial charge in [0.25, 0.3) is 0 Å². The molecule has 3 rings (SSSR count). The molecule has 0 saturated carbocycles. The van der Waals surface area contributed by atoms with Crippen molar-refractivity contribution in [1.82, 2.24) is 16.0 Å². The van der Waals surface area contributed by atoms with Crippen LogP contribution in [0.5, 0.6) is 5.75 Å². The molecule has 0 aliphatic heterocycles. The summed E-state index contributed by atoms with van der Waals surface area (Å²) in [6.07, 6.45) is 0.422. The first-order valence-electron chi connectivity index (χ1n) is 12.3. The van der Waals surface area contributed by atoms with Crippen LogP contribution >= 0.6 is 0 Å². The second kappa shape index (κ2) is 13.8. The first kappa shape index (κ1) is 27.4. The molecule has 8 nitrogen and oxygen atoms in total. The van der Waals surface area contributed by atoms with Crippen LogP contribution < -0.4 is 26.4 Å². The number of primary amides is 1. The van der Waals surface area contributed by atoms with E-state index >= 15 is 0 Å². The SMILES string of the molecule is CC(NC(=O)C(CCc1ccccc1)NC(C)c1ccccc1)C(=O)NCc1ccc(OC(N)=O)cc1. The maximum atomic E-state index is 13.2. The van der Waals surface area contributed by atoms with Crippen molar-refractivity contribution >= 4 is 17.9 Å². The van der Waals surface area contributed by atoms with Gasteiger partial charge in [-0.15, -0.1) is 0 Å². The van der Waals surface area contributed by atoms with Crippen LogP contribution in [0.15, 0.2) is 84.9 Å². The number of nitrogens with one attached hydrogen (secondary N) is 3. The Hall–Kier alpha value is -4.17. The smallest absolute Gasteiger partial charge is 0.409 e. The van der Waals surface area contributed by atoms with E-state index in [0.717, 1.165) is 23.1 Å². The molecule has 3 aromatic carbocycles. The van der Waals surface area contributed by atoms with Gasteiger partial charge < -0.3 is 21.1 Å². The molecule has 3 aromatic rings. The first-order chi connectivity index (χ1) is 17.8. The van der Waals surface area contributed by atoms with Crippen molar-refractivity contribution < 1.29 is 19.1 Å². The topological polar surface area (TPSA) is 123 Å². The normalized spacial score (nSPS) is 13.1. The van der Waals surface area contributed by atoms with Gasteiger partial charge in [-0.2, -0.15) is 0 Å². The summed E-state index contributed by atoms with van der Waals surface area (Å²) in [6, 6.07) is 25.3. The fourth-order valence-electron chi connectivity index (χ4n) is 3.90. The number of amides is 3. The van der Waals surface area contributed by atoms with Crippen molar-refractivity contribution in [2.24, 2.45) is 5.73 Å². The molecule has 0 radical (unpaired) electrons. The molecule has 0 aliphatic carbocycles. The Morgan fingerprint density at radius 3 is 2.05 bits per heavy atom. The van der Waals surface area contributed by atoms with Crippen LogP contribution in [-0.4, -0.2) is 30.0 Å². The molecule has 0 spiro atoms. The van der Waals surface area contributed by atoms with Gasteiger partial charge >= 0.3 is 6.09 Å². The van der Waals surface area contributed by atoms with Crippen molar-refractivity contribution in [2.45, 2.75) is 51.4 Å². The van der Waals surface area contributed by atoms with Crippen LogP contribution in [0.25, 0.3) is 0 Å². The number of nitrogens with two attached hydrogens (primary N) is 1. The Balaban J connectivity index is 1.57. The minimum absolute atomic E-state index is 0.0432. The van der Waals surface area contributed by atoms with E-state index in [9.17, 15) is 14.4 Å². The third-order valence-electron chi connectivity index (χ3n) is 5.99. The number of carbonyl (C=O) groups excluding carboxylic acids is 3. The van der Waals surface area contributed by atoms with Crippen molar-refractivity contribution in [1.29, 1.82) is 0 Å². The average Bonchev–Trinajstić information content (AvgIpc) is 2.91. The fraction of sp³-hybridized carbons (Fsp3) is 0.276. The summed E-state index contributed by atoms with van der Waals surface area (Å²) < 4.78 is 4.80. The molecule has 5 N–H and O–H groups in total. The molecule has 0 aromatic heterocycles. The Bertz CT molecular complexity index is 1150. The van der Waals surface area contributed by atoms with Crippen LogP contribution in [0.1, 0.15) is 43.0 Å². The minimum Gasteiger partial charge on any atom is -0.411 e. The third-order valence-corrected chi connectivity index (χ3v) is 5.99. The maximum Gasteiger partial charge on any atom is 0.409 e. The highest BCUT2D eigenvalue weighted by Gasteiger charge is 2.24. The lowest BCUT2D eigenvalue weighted by molar-refractivity contribution is -0.129. The van der Waals surface area contributed by atoms with Gasteiger partial charge in [-0.1, -0.05) is 72.8 Å². The lowest BCUT2D eigenvalue weighted by atomic mass is 10.0. The van der Waals surface area contributed by atoms with Gasteiger partial charge in [0.1, 0.15) is 11.8 Å². The quantitative estimate of drug-likeness (QED) is 0.301. The molecule has 0 fully saturated rings. The van der Waals surface area contributed by atoms with Crippen LogP contribution in [0.2, 0.25) is 0 Å². The highest BCUT2D eigenvalue weighted by Crippen LogP contribution is 2.15. The zero-order valence-corrected chi connectivity index (χ0v) is 21.1. The van der Waals surface area contributed by atoms with E-state index in [1.165, 1.54) is 0 Å². The lowest BCUT2D eigenvalue weighted by Crippen LogP contribution is -2.52. The van der Waals surface area contributed by atoms with E-state index in [1.807, 2.05) is 67.6 Å². The summed E-state index contributed by atoms with van der Waals surface area (Å²) in [7, 11) is 0. The molecule has 0 heterocycles. The molecule has 8 heteroatoms. The van der Waals surface area contributed by atoms with E-state index in [-0.39, 0.29) is 24.4 Å². The predicted octanol–water partition coefficient (Wildman–Crippen LogP) is 3.62. The van der Waals surface area contributed by atoms with Crippen LogP contribution in [0, 0.1) is 0 Å². The summed E-state index contributed by atoms with van der Waals surface area (Å²) in [5.74, 6) is -0.208. The molecule has 3 amide bonds. The summed E-state index contributed by atoms with van der Waals surface area (Å²) in [5, 5.41) is 9.11. The number of aryl methyl sites for hydroxylation is 1. The Labute approximate surface area is 217 Å². The molecule has 37 heavy (non-hydrogen) atoms. The number of benzene rings is 3. The number of carbonyl (C=O) groups is 3. The zero-order valence-electron chi connectivity index (χ0n) is 21.1. The average molecular weight is 503 g/mol. The Morgan fingerprint density at radius 2 is 1.43 bits per heavy atom. The summed E-state index contributed by atoms with van der Waals surface area (Å²) in [4.78, 5) is 36.7. The number of ether oxygens (including phenoxy) is 1. The van der Waals surface area contributed by atoms with Crippen molar-refractivity contribution in [3.63, 3.8) is 0 Å². The van der Waals surface area contributed by atoms with E-state index in [0.29, 0.717) is 12.2 Å². The highest BCUT2D eigenvalue weighted by atomic mass is 16.5. The largest absolute Gasteiger partial charge is 0.411 e. The minimum atomic E-state index is -0.889. The van der Waals surface area contributed by atoms with Gasteiger partial charge in [0.05, 0.1) is 6.04 Å². The van der Waals surface area contributed by atoms with Crippen LogP contribution in [0.4, 0.5) is 4.79 Å². The van der Waals surface area contributed by atoms with Crippen molar-refractivity contribution in [2.75, 3.05) is 0 Å². The number of rotatable bonds is 12. The van der Waals surface area contributed by atoms with E-state index < -0.39 is 18.2 Å².